The Morgan fingerprint density at radius 3 is 2.96 bits per heavy atom. The first-order valence-electron chi connectivity index (χ1n) is 9.42. The van der Waals surface area contributed by atoms with Crippen LogP contribution in [-0.4, -0.2) is 82.5 Å². The van der Waals surface area contributed by atoms with Crippen molar-refractivity contribution in [2.45, 2.75) is 32.0 Å². The lowest BCUT2D eigenvalue weighted by Crippen LogP contribution is -2.56. The van der Waals surface area contributed by atoms with Gasteiger partial charge in [0.15, 0.2) is 6.29 Å². The molecule has 3 rings (SSSR count). The third-order valence-electron chi connectivity index (χ3n) is 4.83. The molecular weight excluding hydrogens is 350 g/mol. The van der Waals surface area contributed by atoms with E-state index in [9.17, 15) is 9.59 Å². The van der Waals surface area contributed by atoms with Gasteiger partial charge in [-0.15, -0.1) is 0 Å². The van der Waals surface area contributed by atoms with E-state index in [4.69, 9.17) is 10.2 Å². The number of aliphatic hydroxyl groups excluding tert-OH is 1. The quantitative estimate of drug-likeness (QED) is 0.394. The van der Waals surface area contributed by atoms with Crippen LogP contribution in [0.25, 0.3) is 0 Å². The minimum Gasteiger partial charge on any atom is -0.370 e. The van der Waals surface area contributed by atoms with Crippen LogP contribution in [0, 0.1) is 0 Å². The first kappa shape index (κ1) is 19.4. The number of pyridine rings is 1. The second-order valence-corrected chi connectivity index (χ2v) is 6.92. The second kappa shape index (κ2) is 9.01. The molecule has 1 aromatic rings. The average molecular weight is 377 g/mol. The third kappa shape index (κ3) is 5.30. The molecule has 0 bridgehead atoms. The lowest BCUT2D eigenvalue weighted by Gasteiger charge is -2.34. The predicted octanol–water partition coefficient (Wildman–Crippen LogP) is -0.463. The van der Waals surface area contributed by atoms with Gasteiger partial charge in [-0.05, 0) is 37.3 Å². The molecule has 0 unspecified atom stereocenters. The van der Waals surface area contributed by atoms with Gasteiger partial charge in [-0.25, -0.2) is 9.78 Å². The first-order valence-corrected chi connectivity index (χ1v) is 9.42. The van der Waals surface area contributed by atoms with Crippen LogP contribution in [0.1, 0.15) is 24.1 Å². The maximum atomic E-state index is 12.2. The third-order valence-corrected chi connectivity index (χ3v) is 4.83. The Labute approximate surface area is 158 Å². The molecule has 9 nitrogen and oxygen atoms in total. The molecular formula is C18H27N5O4. The van der Waals surface area contributed by atoms with Crippen molar-refractivity contribution in [2.75, 3.05) is 44.6 Å². The van der Waals surface area contributed by atoms with Gasteiger partial charge in [-0.3, -0.25) is 4.79 Å². The van der Waals surface area contributed by atoms with Crippen molar-refractivity contribution < 1.29 is 19.8 Å². The number of rotatable bonds is 6. The molecule has 3 heterocycles. The van der Waals surface area contributed by atoms with Crippen LogP contribution >= 0.6 is 0 Å². The summed E-state index contributed by atoms with van der Waals surface area (Å²) in [6, 6.07) is 3.89. The zero-order valence-electron chi connectivity index (χ0n) is 15.4. The summed E-state index contributed by atoms with van der Waals surface area (Å²) in [6.45, 7) is 1.98. The number of nitrogens with zero attached hydrogens (tertiary/aromatic N) is 3. The van der Waals surface area contributed by atoms with E-state index in [2.05, 4.69) is 21.7 Å². The number of carbonyl (C=O) groups is 2. The van der Waals surface area contributed by atoms with Gasteiger partial charge in [0.25, 0.3) is 0 Å². The number of amides is 3. The molecule has 4 N–H and O–H groups in total. The minimum absolute atomic E-state index is 0.0450. The van der Waals surface area contributed by atoms with Crippen LogP contribution in [0.5, 0.6) is 0 Å². The van der Waals surface area contributed by atoms with Crippen molar-refractivity contribution in [3.05, 3.63) is 23.4 Å². The summed E-state index contributed by atoms with van der Waals surface area (Å²) < 4.78 is 0. The molecule has 0 radical (unpaired) electrons. The number of nitrogens with one attached hydrogen (secondary N) is 2. The minimum atomic E-state index is -1.55. The summed E-state index contributed by atoms with van der Waals surface area (Å²) in [7, 11) is 0. The van der Waals surface area contributed by atoms with Gasteiger partial charge in [0.05, 0.1) is 6.54 Å². The highest BCUT2D eigenvalue weighted by Crippen LogP contribution is 2.20. The molecule has 1 aromatic heterocycles. The van der Waals surface area contributed by atoms with Crippen LogP contribution in [0.4, 0.5) is 10.6 Å². The van der Waals surface area contributed by atoms with E-state index in [1.807, 2.05) is 6.07 Å². The Morgan fingerprint density at radius 1 is 1.33 bits per heavy atom. The molecule has 1 saturated heterocycles. The van der Waals surface area contributed by atoms with Crippen LogP contribution in [0.15, 0.2) is 12.1 Å². The van der Waals surface area contributed by atoms with Gasteiger partial charge in [-0.1, -0.05) is 6.07 Å². The summed E-state index contributed by atoms with van der Waals surface area (Å²) in [5.74, 6) is 0.697. The fraction of sp³-hybridized carbons (Fsp3) is 0.611. The Hall–Kier alpha value is -2.39. The Kier molecular flexibility index (Phi) is 6.46. The van der Waals surface area contributed by atoms with E-state index < -0.39 is 6.29 Å². The van der Waals surface area contributed by atoms with Crippen molar-refractivity contribution >= 4 is 17.8 Å². The van der Waals surface area contributed by atoms with Gasteiger partial charge in [0.2, 0.25) is 5.91 Å². The molecule has 2 aliphatic heterocycles. The highest BCUT2D eigenvalue weighted by Gasteiger charge is 2.27. The topological polar surface area (TPSA) is 118 Å². The number of hydrogen-bond donors (Lipinski definition) is 4. The summed E-state index contributed by atoms with van der Waals surface area (Å²) in [5, 5.41) is 24.1. The van der Waals surface area contributed by atoms with E-state index in [0.717, 1.165) is 43.7 Å². The summed E-state index contributed by atoms with van der Waals surface area (Å²) in [4.78, 5) is 31.6. The van der Waals surface area contributed by atoms with Gasteiger partial charge in [0, 0.05) is 31.9 Å². The molecule has 0 aliphatic carbocycles. The highest BCUT2D eigenvalue weighted by molar-refractivity contribution is 5.85. The molecule has 9 heteroatoms. The number of aromatic nitrogens is 1. The number of fused-ring (bicyclic) bond motifs is 1. The normalized spacial score (nSPS) is 16.9. The van der Waals surface area contributed by atoms with Gasteiger partial charge >= 0.3 is 6.03 Å². The van der Waals surface area contributed by atoms with Crippen molar-refractivity contribution in [1.82, 2.24) is 20.1 Å². The lowest BCUT2D eigenvalue weighted by atomic mass is 10.1. The number of β-amino-alcohol motifs (C(OH)–C–C–N with tert-alkyl or cyclic N) is 2. The van der Waals surface area contributed by atoms with Gasteiger partial charge in [-0.2, -0.15) is 0 Å². The van der Waals surface area contributed by atoms with Crippen molar-refractivity contribution in [3.63, 3.8) is 0 Å². The lowest BCUT2D eigenvalue weighted by molar-refractivity contribution is -0.141. The SMILES string of the molecule is O=C1CN(C(=O)NCCCc2ccc3c(n2)NCCC3)CCN1CC(O)O. The Balaban J connectivity index is 1.38. The largest absolute Gasteiger partial charge is 0.370 e. The monoisotopic (exact) mass is 377 g/mol. The van der Waals surface area contributed by atoms with Crippen molar-refractivity contribution in [1.29, 1.82) is 0 Å². The van der Waals surface area contributed by atoms with Crippen molar-refractivity contribution in [3.8, 4) is 0 Å². The zero-order chi connectivity index (χ0) is 19.2. The molecule has 27 heavy (non-hydrogen) atoms. The van der Waals surface area contributed by atoms with E-state index >= 15 is 0 Å². The van der Waals surface area contributed by atoms with Gasteiger partial charge < -0.3 is 30.6 Å². The number of hydrogen-bond acceptors (Lipinski definition) is 6. The number of urea groups is 1. The van der Waals surface area contributed by atoms with E-state index in [0.29, 0.717) is 19.6 Å². The second-order valence-electron chi connectivity index (χ2n) is 6.92. The molecule has 0 aromatic carbocycles. The number of aryl methyl sites for hydroxylation is 2. The fourth-order valence-corrected chi connectivity index (χ4v) is 3.36. The number of anilines is 1. The van der Waals surface area contributed by atoms with Crippen LogP contribution in [-0.2, 0) is 17.6 Å². The van der Waals surface area contributed by atoms with Crippen LogP contribution in [0.2, 0.25) is 0 Å². The van der Waals surface area contributed by atoms with E-state index in [1.165, 1.54) is 15.4 Å². The molecule has 1 fully saturated rings. The summed E-state index contributed by atoms with van der Waals surface area (Å²) >= 11 is 0. The molecule has 0 atom stereocenters. The average Bonchev–Trinajstić information content (AvgIpc) is 2.66. The summed E-state index contributed by atoms with van der Waals surface area (Å²) in [5.41, 5.74) is 2.26. The molecule has 2 aliphatic rings. The van der Waals surface area contributed by atoms with E-state index in [-0.39, 0.29) is 25.0 Å². The number of piperazine rings is 1. The van der Waals surface area contributed by atoms with Crippen LogP contribution < -0.4 is 10.6 Å². The molecule has 148 valence electrons. The van der Waals surface area contributed by atoms with Gasteiger partial charge in [0.1, 0.15) is 12.4 Å². The Bertz CT molecular complexity index is 682. The first-order chi connectivity index (χ1) is 13.0. The smallest absolute Gasteiger partial charge is 0.317 e. The number of aliphatic hydroxyl groups is 2. The molecule has 0 saturated carbocycles. The Morgan fingerprint density at radius 2 is 2.19 bits per heavy atom. The summed E-state index contributed by atoms with van der Waals surface area (Å²) in [6.07, 6.45) is 2.19. The van der Waals surface area contributed by atoms with Crippen LogP contribution in [0.3, 0.4) is 0 Å². The zero-order valence-corrected chi connectivity index (χ0v) is 15.4. The predicted molar refractivity (Wildman–Crippen MR) is 99.1 cm³/mol. The maximum Gasteiger partial charge on any atom is 0.317 e. The molecule has 0 spiro atoms. The fourth-order valence-electron chi connectivity index (χ4n) is 3.36. The standard InChI is InChI=1S/C18H27N5O4/c24-15-11-23(10-9-22(15)12-16(25)26)18(27)20-8-2-4-14-6-5-13-3-1-7-19-17(13)21-14/h5-6,16,25-26H,1-4,7-12H2,(H,19,21)(H,20,27). The maximum absolute atomic E-state index is 12.2. The van der Waals surface area contributed by atoms with E-state index in [1.54, 1.807) is 0 Å². The number of carbonyl (C=O) groups excluding carboxylic acids is 2. The highest BCUT2D eigenvalue weighted by atomic mass is 16.5. The van der Waals surface area contributed by atoms with Crippen molar-refractivity contribution in [2.24, 2.45) is 0 Å². The molecule has 3 amide bonds.